The average Bonchev–Trinajstić information content (AvgIpc) is 3.71. The van der Waals surface area contributed by atoms with Crippen LogP contribution >= 0.6 is 35.6 Å². The van der Waals surface area contributed by atoms with Gasteiger partial charge in [0.25, 0.3) is 5.91 Å². The Hall–Kier alpha value is -3.43. The molecule has 202 valence electrons. The zero-order valence-corrected chi connectivity index (χ0v) is 23.9. The smallest absolute Gasteiger partial charge is 0.266 e. The van der Waals surface area contributed by atoms with Crippen LogP contribution in [0, 0.1) is 0 Å². The Morgan fingerprint density at radius 1 is 1.07 bits per heavy atom. The Labute approximate surface area is 247 Å². The lowest BCUT2D eigenvalue weighted by Crippen LogP contribution is -2.35. The van der Waals surface area contributed by atoms with E-state index in [9.17, 15) is 4.79 Å². The number of nitrogens with zero attached hydrogens (tertiary/aromatic N) is 3. The minimum absolute atomic E-state index is 0.0388. The first-order valence-corrected chi connectivity index (χ1v) is 14.6. The van der Waals surface area contributed by atoms with Gasteiger partial charge in [-0.05, 0) is 61.4 Å². The number of halogens is 1. The van der Waals surface area contributed by atoms with Crippen molar-refractivity contribution in [2.75, 3.05) is 13.2 Å². The minimum atomic E-state index is -0.0905. The van der Waals surface area contributed by atoms with Crippen molar-refractivity contribution in [3.63, 3.8) is 0 Å². The minimum Gasteiger partial charge on any atom is -0.489 e. The summed E-state index contributed by atoms with van der Waals surface area (Å²) in [5.74, 6) is 0.634. The standard InChI is InChI=1S/C31H26ClN3O3S2/c32-27-11-5-4-7-22(27)20-38-25-14-12-21(13-15-25)29-23(18-35(33-29)24-8-2-1-3-9-24)17-28-30(36)34(31(39)40-28)19-26-10-6-16-37-26/h1-5,7-9,11-15,17-18,26H,6,10,16,19-20H2/b28-17-/t26-/m0/s1. The van der Waals surface area contributed by atoms with Gasteiger partial charge in [-0.2, -0.15) is 5.10 Å². The van der Waals surface area contributed by atoms with Crippen molar-refractivity contribution in [1.29, 1.82) is 0 Å². The van der Waals surface area contributed by atoms with Crippen molar-refractivity contribution >= 4 is 51.9 Å². The molecular formula is C31H26ClN3O3S2. The quantitative estimate of drug-likeness (QED) is 0.161. The number of thioether (sulfide) groups is 1. The molecule has 9 heteroatoms. The van der Waals surface area contributed by atoms with E-state index in [4.69, 9.17) is 38.4 Å². The zero-order chi connectivity index (χ0) is 27.5. The average molecular weight is 588 g/mol. The van der Waals surface area contributed by atoms with Crippen molar-refractivity contribution in [2.24, 2.45) is 0 Å². The number of rotatable bonds is 8. The Morgan fingerprint density at radius 2 is 1.85 bits per heavy atom. The third-order valence-electron chi connectivity index (χ3n) is 6.81. The van der Waals surface area contributed by atoms with Crippen LogP contribution < -0.4 is 4.74 Å². The molecule has 2 fully saturated rings. The van der Waals surface area contributed by atoms with Crippen molar-refractivity contribution < 1.29 is 14.3 Å². The number of ether oxygens (including phenoxy) is 2. The van der Waals surface area contributed by atoms with Crippen molar-refractivity contribution in [2.45, 2.75) is 25.6 Å². The number of thiocarbonyl (C=S) groups is 1. The lowest BCUT2D eigenvalue weighted by molar-refractivity contribution is -0.123. The summed E-state index contributed by atoms with van der Waals surface area (Å²) in [6.07, 6.45) is 5.83. The summed E-state index contributed by atoms with van der Waals surface area (Å²) in [5.41, 5.74) is 4.33. The van der Waals surface area contributed by atoms with E-state index >= 15 is 0 Å². The molecule has 0 bridgehead atoms. The highest BCUT2D eigenvalue weighted by Gasteiger charge is 2.35. The van der Waals surface area contributed by atoms with Crippen molar-refractivity contribution in [3.05, 3.63) is 106 Å². The monoisotopic (exact) mass is 587 g/mol. The molecule has 6 rings (SSSR count). The van der Waals surface area contributed by atoms with Gasteiger partial charge in [-0.15, -0.1) is 0 Å². The van der Waals surface area contributed by atoms with Gasteiger partial charge in [0, 0.05) is 34.5 Å². The number of hydrogen-bond donors (Lipinski definition) is 0. The fourth-order valence-corrected chi connectivity index (χ4v) is 6.16. The van der Waals surface area contributed by atoms with Crippen molar-refractivity contribution in [1.82, 2.24) is 14.7 Å². The molecule has 4 aromatic rings. The van der Waals surface area contributed by atoms with Crippen LogP contribution in [-0.2, 0) is 16.1 Å². The van der Waals surface area contributed by atoms with E-state index in [0.717, 1.165) is 53.3 Å². The number of amides is 1. The number of para-hydroxylation sites is 1. The van der Waals surface area contributed by atoms with Gasteiger partial charge in [0.15, 0.2) is 0 Å². The summed E-state index contributed by atoms with van der Waals surface area (Å²) in [4.78, 5) is 15.6. The van der Waals surface area contributed by atoms with E-state index < -0.39 is 0 Å². The molecule has 0 radical (unpaired) electrons. The maximum absolute atomic E-state index is 13.3. The van der Waals surface area contributed by atoms with Gasteiger partial charge in [-0.25, -0.2) is 4.68 Å². The Morgan fingerprint density at radius 3 is 2.60 bits per heavy atom. The van der Waals surface area contributed by atoms with E-state index in [2.05, 4.69) is 0 Å². The highest BCUT2D eigenvalue weighted by Crippen LogP contribution is 2.36. The van der Waals surface area contributed by atoms with Crippen LogP contribution in [0.1, 0.15) is 24.0 Å². The maximum Gasteiger partial charge on any atom is 0.266 e. The second-order valence-electron chi connectivity index (χ2n) is 9.54. The highest BCUT2D eigenvalue weighted by atomic mass is 35.5. The summed E-state index contributed by atoms with van der Waals surface area (Å²) >= 11 is 13.2. The van der Waals surface area contributed by atoms with Crippen LogP contribution in [0.2, 0.25) is 5.02 Å². The number of aromatic nitrogens is 2. The molecule has 0 unspecified atom stereocenters. The molecule has 0 saturated carbocycles. The third-order valence-corrected chi connectivity index (χ3v) is 8.56. The number of carbonyl (C=O) groups is 1. The van der Waals surface area contributed by atoms with Gasteiger partial charge >= 0.3 is 0 Å². The molecule has 3 heterocycles. The van der Waals surface area contributed by atoms with E-state index in [1.807, 2.05) is 95.8 Å². The van der Waals surface area contributed by atoms with Crippen LogP contribution in [-0.4, -0.2) is 44.2 Å². The fraction of sp³-hybridized carbons (Fsp3) is 0.194. The molecule has 40 heavy (non-hydrogen) atoms. The van der Waals surface area contributed by atoms with Crippen molar-refractivity contribution in [3.8, 4) is 22.7 Å². The van der Waals surface area contributed by atoms with Crippen LogP contribution in [0.4, 0.5) is 0 Å². The predicted octanol–water partition coefficient (Wildman–Crippen LogP) is 7.15. The topological polar surface area (TPSA) is 56.6 Å². The fourth-order valence-electron chi connectivity index (χ4n) is 4.71. The molecule has 1 amide bonds. The van der Waals surface area contributed by atoms with Gasteiger partial charge in [-0.1, -0.05) is 72.0 Å². The lowest BCUT2D eigenvalue weighted by atomic mass is 10.1. The zero-order valence-electron chi connectivity index (χ0n) is 21.5. The third kappa shape index (κ3) is 5.86. The van der Waals surface area contributed by atoms with E-state index in [1.165, 1.54) is 11.8 Å². The molecular weight excluding hydrogens is 562 g/mol. The Kier molecular flexibility index (Phi) is 8.02. The molecule has 0 spiro atoms. The summed E-state index contributed by atoms with van der Waals surface area (Å²) in [7, 11) is 0. The summed E-state index contributed by atoms with van der Waals surface area (Å²) in [6.45, 7) is 1.61. The van der Waals surface area contributed by atoms with Gasteiger partial charge in [0.05, 0.1) is 28.9 Å². The summed E-state index contributed by atoms with van der Waals surface area (Å²) in [5, 5.41) is 5.58. The molecule has 0 N–H and O–H groups in total. The predicted molar refractivity (Wildman–Crippen MR) is 164 cm³/mol. The van der Waals surface area contributed by atoms with Crippen LogP contribution in [0.3, 0.4) is 0 Å². The lowest BCUT2D eigenvalue weighted by Gasteiger charge is -2.18. The molecule has 2 aliphatic rings. The Balaban J connectivity index is 1.28. The molecule has 3 aromatic carbocycles. The highest BCUT2D eigenvalue weighted by molar-refractivity contribution is 8.26. The van der Waals surface area contributed by atoms with Gasteiger partial charge in [0.2, 0.25) is 0 Å². The van der Waals surface area contributed by atoms with Crippen LogP contribution in [0.5, 0.6) is 5.75 Å². The molecule has 0 aliphatic carbocycles. The summed E-state index contributed by atoms with van der Waals surface area (Å²) < 4.78 is 14.1. The first-order valence-electron chi connectivity index (χ1n) is 13.0. The second kappa shape index (κ2) is 12.0. The second-order valence-corrected chi connectivity index (χ2v) is 11.6. The number of benzene rings is 3. The molecule has 1 aromatic heterocycles. The van der Waals surface area contributed by atoms with E-state index in [1.54, 1.807) is 4.90 Å². The molecule has 2 aliphatic heterocycles. The first kappa shape index (κ1) is 26.8. The molecule has 6 nitrogen and oxygen atoms in total. The van der Waals surface area contributed by atoms with Gasteiger partial charge in [0.1, 0.15) is 16.7 Å². The SMILES string of the molecule is O=C1/C(=C/c2cn(-c3ccccc3)nc2-c2ccc(OCc3ccccc3Cl)cc2)SC(=S)N1C[C@@H]1CCCO1. The largest absolute Gasteiger partial charge is 0.489 e. The van der Waals surface area contributed by atoms with Crippen LogP contribution in [0.15, 0.2) is 90.0 Å². The van der Waals surface area contributed by atoms with Gasteiger partial charge in [-0.3, -0.25) is 9.69 Å². The normalized spacial score (nSPS) is 18.2. The van der Waals surface area contributed by atoms with E-state index in [-0.39, 0.29) is 12.0 Å². The van der Waals surface area contributed by atoms with Gasteiger partial charge < -0.3 is 9.47 Å². The van der Waals surface area contributed by atoms with E-state index in [0.29, 0.717) is 27.4 Å². The van der Waals surface area contributed by atoms with Crippen LogP contribution in [0.25, 0.3) is 23.0 Å². The Bertz CT molecular complexity index is 1560. The number of carbonyl (C=O) groups excluding carboxylic acids is 1. The molecule has 2 saturated heterocycles. The first-order chi connectivity index (χ1) is 19.5. The molecule has 1 atom stereocenters. The number of hydrogen-bond acceptors (Lipinski definition) is 6. The summed E-state index contributed by atoms with van der Waals surface area (Å²) in [6, 6.07) is 25.3. The maximum atomic E-state index is 13.3.